The van der Waals surface area contributed by atoms with Crippen molar-refractivity contribution in [2.45, 2.75) is 6.18 Å². The third-order valence-electron chi connectivity index (χ3n) is 4.67. The molecule has 0 aliphatic rings. The molecule has 0 spiro atoms. The number of anilines is 1. The zero-order valence-electron chi connectivity index (χ0n) is 17.4. The van der Waals surface area contributed by atoms with Gasteiger partial charge in [0.05, 0.1) is 38.8 Å². The number of carbonyl (C=O) groups excluding carboxylic acids is 2. The van der Waals surface area contributed by atoms with E-state index in [-0.39, 0.29) is 11.3 Å². The number of benzene rings is 3. The van der Waals surface area contributed by atoms with Gasteiger partial charge in [0, 0.05) is 0 Å². The van der Waals surface area contributed by atoms with Crippen LogP contribution in [-0.4, -0.2) is 29.7 Å². The molecule has 0 saturated carbocycles. The molecule has 1 amide bonds. The number of aromatic nitrogens is 1. The number of halogens is 3. The Balaban J connectivity index is 1.55. The van der Waals surface area contributed by atoms with Crippen LogP contribution in [0.4, 0.5) is 18.9 Å². The molecule has 4 aromatic rings. The highest BCUT2D eigenvalue weighted by molar-refractivity contribution is 7.16. The predicted molar refractivity (Wildman–Crippen MR) is 123 cm³/mol. The maximum absolute atomic E-state index is 13.2. The summed E-state index contributed by atoms with van der Waals surface area (Å²) >= 11 is 1.35. The molecule has 4 rings (SSSR count). The molecule has 34 heavy (non-hydrogen) atoms. The summed E-state index contributed by atoms with van der Waals surface area (Å²) < 4.78 is 45.5. The average Bonchev–Trinajstić information content (AvgIpc) is 3.31. The highest BCUT2D eigenvalue weighted by atomic mass is 32.1. The van der Waals surface area contributed by atoms with Crippen LogP contribution in [0.2, 0.25) is 0 Å². The van der Waals surface area contributed by atoms with Crippen LogP contribution >= 0.6 is 11.3 Å². The van der Waals surface area contributed by atoms with Crippen molar-refractivity contribution < 1.29 is 27.5 Å². The minimum Gasteiger partial charge on any atom is -0.452 e. The summed E-state index contributed by atoms with van der Waals surface area (Å²) in [5.41, 5.74) is 2.16. The molecule has 1 aromatic heterocycles. The number of carbonyl (C=O) groups is 2. The highest BCUT2D eigenvalue weighted by Crippen LogP contribution is 2.32. The molecular weight excluding hydrogens is 467 g/mol. The first-order chi connectivity index (χ1) is 16.3. The number of hydrogen-bond donors (Lipinski definition) is 0. The number of alkyl halides is 3. The van der Waals surface area contributed by atoms with Gasteiger partial charge in [0.1, 0.15) is 0 Å². The lowest BCUT2D eigenvalue weighted by molar-refractivity contribution is -0.137. The quantitative estimate of drug-likeness (QED) is 0.205. The van der Waals surface area contributed by atoms with E-state index < -0.39 is 30.2 Å². The van der Waals surface area contributed by atoms with Gasteiger partial charge in [0.2, 0.25) is 0 Å². The summed E-state index contributed by atoms with van der Waals surface area (Å²) in [6, 6.07) is 17.7. The van der Waals surface area contributed by atoms with Crippen molar-refractivity contribution in [3.05, 3.63) is 95.0 Å². The molecule has 0 radical (unpaired) electrons. The molecule has 172 valence electrons. The van der Waals surface area contributed by atoms with Gasteiger partial charge in [-0.1, -0.05) is 36.4 Å². The number of thiazole rings is 1. The van der Waals surface area contributed by atoms with Crippen molar-refractivity contribution in [2.24, 2.45) is 5.10 Å². The summed E-state index contributed by atoms with van der Waals surface area (Å²) in [4.78, 5) is 29.5. The minimum absolute atomic E-state index is 0.117. The minimum atomic E-state index is -4.60. The summed E-state index contributed by atoms with van der Waals surface area (Å²) in [6.07, 6.45) is -3.27. The van der Waals surface area contributed by atoms with E-state index >= 15 is 0 Å². The number of esters is 1. The Morgan fingerprint density at radius 1 is 1.03 bits per heavy atom. The first kappa shape index (κ1) is 23.1. The van der Waals surface area contributed by atoms with Crippen LogP contribution in [-0.2, 0) is 15.7 Å². The maximum Gasteiger partial charge on any atom is 0.416 e. The second-order valence-corrected chi connectivity index (χ2v) is 7.91. The van der Waals surface area contributed by atoms with Gasteiger partial charge in [0.15, 0.2) is 6.61 Å². The Morgan fingerprint density at radius 3 is 2.59 bits per heavy atom. The van der Waals surface area contributed by atoms with Crippen molar-refractivity contribution in [3.8, 4) is 0 Å². The topological polar surface area (TPSA) is 71.9 Å². The van der Waals surface area contributed by atoms with Crippen LogP contribution in [0.3, 0.4) is 0 Å². The van der Waals surface area contributed by atoms with Crippen molar-refractivity contribution in [2.75, 3.05) is 11.6 Å². The normalized spacial score (nSPS) is 11.6. The van der Waals surface area contributed by atoms with Gasteiger partial charge in [-0.05, 0) is 42.0 Å². The van der Waals surface area contributed by atoms with Gasteiger partial charge in [-0.3, -0.25) is 4.79 Å². The van der Waals surface area contributed by atoms with Crippen LogP contribution < -0.4 is 5.01 Å². The molecule has 10 heteroatoms. The molecule has 0 saturated heterocycles. The maximum atomic E-state index is 13.2. The largest absolute Gasteiger partial charge is 0.452 e. The van der Waals surface area contributed by atoms with Crippen molar-refractivity contribution in [1.82, 2.24) is 4.98 Å². The van der Waals surface area contributed by atoms with Crippen LogP contribution in [0.25, 0.3) is 10.2 Å². The van der Waals surface area contributed by atoms with Gasteiger partial charge < -0.3 is 4.74 Å². The molecule has 0 aliphatic heterocycles. The van der Waals surface area contributed by atoms with Gasteiger partial charge >= 0.3 is 12.1 Å². The van der Waals surface area contributed by atoms with Gasteiger partial charge in [-0.25, -0.2) is 9.78 Å². The Labute approximate surface area is 195 Å². The van der Waals surface area contributed by atoms with Gasteiger partial charge in [-0.2, -0.15) is 23.3 Å². The Kier molecular flexibility index (Phi) is 6.69. The van der Waals surface area contributed by atoms with E-state index in [9.17, 15) is 22.8 Å². The first-order valence-corrected chi connectivity index (χ1v) is 10.8. The average molecular weight is 483 g/mol. The molecule has 3 aromatic carbocycles. The van der Waals surface area contributed by atoms with E-state index in [0.717, 1.165) is 27.4 Å². The summed E-state index contributed by atoms with van der Waals surface area (Å²) in [5, 5.41) is 4.85. The van der Waals surface area contributed by atoms with Crippen LogP contribution in [0.15, 0.2) is 83.4 Å². The SMILES string of the molecule is O=C(OCC(=O)N(/N=C\c1ccccc1)c1cccc(C(F)(F)F)c1)c1ccc2ncsc2c1. The molecule has 0 N–H and O–H groups in total. The molecule has 0 unspecified atom stereocenters. The zero-order chi connectivity index (χ0) is 24.1. The van der Waals surface area contributed by atoms with Crippen LogP contribution in [0, 0.1) is 0 Å². The standard InChI is InChI=1S/C24H16F3N3O3S/c25-24(26,27)18-7-4-8-19(12-18)30(29-13-16-5-2-1-3-6-16)22(31)14-33-23(32)17-9-10-20-21(11-17)34-15-28-20/h1-13,15H,14H2/b29-13-. The lowest BCUT2D eigenvalue weighted by Gasteiger charge is -2.18. The molecule has 1 heterocycles. The fourth-order valence-electron chi connectivity index (χ4n) is 3.01. The molecule has 0 bridgehead atoms. The summed E-state index contributed by atoms with van der Waals surface area (Å²) in [5.74, 6) is -1.57. The summed E-state index contributed by atoms with van der Waals surface area (Å²) in [7, 11) is 0. The monoisotopic (exact) mass is 483 g/mol. The second kappa shape index (κ2) is 9.84. The fourth-order valence-corrected chi connectivity index (χ4v) is 3.72. The molecular formula is C24H16F3N3O3S. The van der Waals surface area contributed by atoms with Crippen molar-refractivity contribution in [3.63, 3.8) is 0 Å². The third-order valence-corrected chi connectivity index (χ3v) is 5.46. The third kappa shape index (κ3) is 5.46. The van der Waals surface area contributed by atoms with Crippen molar-refractivity contribution in [1.29, 1.82) is 0 Å². The first-order valence-electron chi connectivity index (χ1n) is 9.91. The molecule has 6 nitrogen and oxygen atoms in total. The lowest BCUT2D eigenvalue weighted by Crippen LogP contribution is -2.31. The number of hydrogen-bond acceptors (Lipinski definition) is 6. The molecule has 0 fully saturated rings. The smallest absolute Gasteiger partial charge is 0.416 e. The van der Waals surface area contributed by atoms with Crippen LogP contribution in [0.5, 0.6) is 0 Å². The Bertz CT molecular complexity index is 1350. The van der Waals surface area contributed by atoms with Gasteiger partial charge in [-0.15, -0.1) is 11.3 Å². The number of ether oxygens (including phenoxy) is 1. The van der Waals surface area contributed by atoms with E-state index in [0.29, 0.717) is 5.56 Å². The number of nitrogens with zero attached hydrogens (tertiary/aromatic N) is 3. The number of rotatable bonds is 6. The van der Waals surface area contributed by atoms with E-state index in [1.54, 1.807) is 48.0 Å². The molecule has 0 atom stereocenters. The van der Waals surface area contributed by atoms with E-state index in [1.165, 1.54) is 35.8 Å². The van der Waals surface area contributed by atoms with E-state index in [1.807, 2.05) is 0 Å². The van der Waals surface area contributed by atoms with E-state index in [2.05, 4.69) is 10.1 Å². The Hall–Kier alpha value is -4.05. The zero-order valence-corrected chi connectivity index (χ0v) is 18.2. The number of hydrazone groups is 1. The lowest BCUT2D eigenvalue weighted by atomic mass is 10.2. The predicted octanol–water partition coefficient (Wildman–Crippen LogP) is 5.54. The van der Waals surface area contributed by atoms with Crippen LogP contribution in [0.1, 0.15) is 21.5 Å². The van der Waals surface area contributed by atoms with E-state index in [4.69, 9.17) is 4.74 Å². The fraction of sp³-hybridized carbons (Fsp3) is 0.0833. The van der Waals surface area contributed by atoms with Crippen molar-refractivity contribution >= 4 is 45.3 Å². The summed E-state index contributed by atoms with van der Waals surface area (Å²) in [6.45, 7) is -0.720. The molecule has 0 aliphatic carbocycles. The highest BCUT2D eigenvalue weighted by Gasteiger charge is 2.31. The van der Waals surface area contributed by atoms with Gasteiger partial charge in [0.25, 0.3) is 5.91 Å². The number of fused-ring (bicyclic) bond motifs is 1. The number of amides is 1. The Morgan fingerprint density at radius 2 is 1.82 bits per heavy atom. The second-order valence-electron chi connectivity index (χ2n) is 7.02.